The standard InChI is InChI=1S/C19H21N3O3S/c1-13-4-7-16(8-5-13)26-18-9-6-14(11-17(18)22(24)25)19(23)21-12-15-3-2-10-20-15/h4-9,11,15,20H,2-3,10,12H2,1H3,(H,21,23)/t15-/m0/s1. The Morgan fingerprint density at radius 1 is 1.31 bits per heavy atom. The van der Waals surface area contributed by atoms with Crippen LogP contribution in [0.5, 0.6) is 0 Å². The Morgan fingerprint density at radius 3 is 2.73 bits per heavy atom. The van der Waals surface area contributed by atoms with Gasteiger partial charge in [-0.15, -0.1) is 0 Å². The van der Waals surface area contributed by atoms with E-state index in [-0.39, 0.29) is 17.6 Å². The molecule has 0 saturated carbocycles. The SMILES string of the molecule is Cc1ccc(Sc2ccc(C(=O)NC[C@@H]3CCCN3)cc2[N+](=O)[O-])cc1. The van der Waals surface area contributed by atoms with Gasteiger partial charge in [-0.05, 0) is 50.6 Å². The van der Waals surface area contributed by atoms with Crippen molar-refractivity contribution in [2.24, 2.45) is 0 Å². The van der Waals surface area contributed by atoms with E-state index in [0.717, 1.165) is 29.8 Å². The number of amides is 1. The van der Waals surface area contributed by atoms with Crippen LogP contribution < -0.4 is 10.6 Å². The number of nitrogens with one attached hydrogen (secondary N) is 2. The van der Waals surface area contributed by atoms with Crippen LogP contribution in [0.4, 0.5) is 5.69 Å². The summed E-state index contributed by atoms with van der Waals surface area (Å²) in [6.07, 6.45) is 2.14. The van der Waals surface area contributed by atoms with E-state index < -0.39 is 4.92 Å². The van der Waals surface area contributed by atoms with Crippen molar-refractivity contribution in [1.29, 1.82) is 0 Å². The Hall–Kier alpha value is -2.38. The molecule has 1 saturated heterocycles. The number of rotatable bonds is 6. The van der Waals surface area contributed by atoms with Crippen LogP contribution in [0, 0.1) is 17.0 Å². The zero-order chi connectivity index (χ0) is 18.5. The fourth-order valence-electron chi connectivity index (χ4n) is 2.87. The summed E-state index contributed by atoms with van der Waals surface area (Å²) in [6, 6.07) is 12.7. The highest BCUT2D eigenvalue weighted by Gasteiger charge is 2.20. The number of hydrogen-bond donors (Lipinski definition) is 2. The number of hydrogen-bond acceptors (Lipinski definition) is 5. The van der Waals surface area contributed by atoms with Crippen molar-refractivity contribution in [1.82, 2.24) is 10.6 Å². The lowest BCUT2D eigenvalue weighted by Gasteiger charge is -2.12. The molecule has 1 heterocycles. The maximum Gasteiger partial charge on any atom is 0.284 e. The van der Waals surface area contributed by atoms with Gasteiger partial charge in [0.2, 0.25) is 0 Å². The Bertz CT molecular complexity index is 802. The van der Waals surface area contributed by atoms with Gasteiger partial charge in [0.05, 0.1) is 9.82 Å². The second-order valence-electron chi connectivity index (χ2n) is 6.36. The summed E-state index contributed by atoms with van der Waals surface area (Å²) in [6.45, 7) is 3.49. The normalized spacial score (nSPS) is 16.4. The molecular formula is C19H21N3O3S. The fraction of sp³-hybridized carbons (Fsp3) is 0.316. The molecule has 0 unspecified atom stereocenters. The number of carbonyl (C=O) groups excluding carboxylic acids is 1. The molecule has 1 aliphatic heterocycles. The summed E-state index contributed by atoms with van der Waals surface area (Å²) in [4.78, 5) is 24.8. The van der Waals surface area contributed by atoms with Gasteiger partial charge in [0.15, 0.2) is 0 Å². The number of nitrogens with zero attached hydrogens (tertiary/aromatic N) is 1. The van der Waals surface area contributed by atoms with Crippen molar-refractivity contribution >= 4 is 23.4 Å². The summed E-state index contributed by atoms with van der Waals surface area (Å²) < 4.78 is 0. The molecule has 0 aromatic heterocycles. The molecule has 2 aromatic rings. The van der Waals surface area contributed by atoms with Crippen molar-refractivity contribution < 1.29 is 9.72 Å². The molecule has 0 bridgehead atoms. The second-order valence-corrected chi connectivity index (χ2v) is 7.47. The number of nitro groups is 1. The van der Waals surface area contributed by atoms with E-state index in [1.54, 1.807) is 12.1 Å². The van der Waals surface area contributed by atoms with E-state index in [4.69, 9.17) is 0 Å². The minimum absolute atomic E-state index is 0.0535. The molecule has 1 fully saturated rings. The van der Waals surface area contributed by atoms with Crippen molar-refractivity contribution in [3.05, 3.63) is 63.7 Å². The Balaban J connectivity index is 1.74. The quantitative estimate of drug-likeness (QED) is 0.599. The average molecular weight is 371 g/mol. The van der Waals surface area contributed by atoms with Gasteiger partial charge in [-0.2, -0.15) is 0 Å². The molecule has 136 valence electrons. The maximum absolute atomic E-state index is 12.3. The summed E-state index contributed by atoms with van der Waals surface area (Å²) in [5, 5.41) is 17.6. The van der Waals surface area contributed by atoms with E-state index in [2.05, 4.69) is 10.6 Å². The zero-order valence-electron chi connectivity index (χ0n) is 14.5. The third-order valence-electron chi connectivity index (χ3n) is 4.34. The Kier molecular flexibility index (Phi) is 5.90. The Morgan fingerprint density at radius 2 is 2.08 bits per heavy atom. The first kappa shape index (κ1) is 18.4. The topological polar surface area (TPSA) is 84.3 Å². The molecule has 1 amide bonds. The molecule has 1 atom stereocenters. The monoisotopic (exact) mass is 371 g/mol. The zero-order valence-corrected chi connectivity index (χ0v) is 15.3. The lowest BCUT2D eigenvalue weighted by Crippen LogP contribution is -2.37. The third-order valence-corrected chi connectivity index (χ3v) is 5.41. The van der Waals surface area contributed by atoms with Gasteiger partial charge in [-0.25, -0.2) is 0 Å². The van der Waals surface area contributed by atoms with Crippen LogP contribution in [0.15, 0.2) is 52.3 Å². The predicted molar refractivity (Wildman–Crippen MR) is 102 cm³/mol. The molecule has 1 aliphatic rings. The summed E-state index contributed by atoms with van der Waals surface area (Å²) >= 11 is 1.32. The van der Waals surface area contributed by atoms with Crippen LogP contribution >= 0.6 is 11.8 Å². The van der Waals surface area contributed by atoms with E-state index in [1.807, 2.05) is 31.2 Å². The maximum atomic E-state index is 12.3. The number of benzene rings is 2. The first-order valence-corrected chi connectivity index (χ1v) is 9.39. The lowest BCUT2D eigenvalue weighted by atomic mass is 10.1. The molecule has 2 N–H and O–H groups in total. The van der Waals surface area contributed by atoms with Crippen LogP contribution in [0.25, 0.3) is 0 Å². The molecular weight excluding hydrogens is 350 g/mol. The Labute approximate surface area is 156 Å². The van der Waals surface area contributed by atoms with Crippen LogP contribution in [-0.4, -0.2) is 30.0 Å². The minimum atomic E-state index is -0.439. The van der Waals surface area contributed by atoms with Crippen molar-refractivity contribution in [3.63, 3.8) is 0 Å². The van der Waals surface area contributed by atoms with E-state index in [9.17, 15) is 14.9 Å². The van der Waals surface area contributed by atoms with Crippen LogP contribution in [0.3, 0.4) is 0 Å². The van der Waals surface area contributed by atoms with E-state index >= 15 is 0 Å². The summed E-state index contributed by atoms with van der Waals surface area (Å²) in [5.41, 5.74) is 1.39. The van der Waals surface area contributed by atoms with E-state index in [0.29, 0.717) is 17.0 Å². The highest BCUT2D eigenvalue weighted by atomic mass is 32.2. The smallest absolute Gasteiger partial charge is 0.284 e. The van der Waals surface area contributed by atoms with Crippen molar-refractivity contribution in [2.45, 2.75) is 35.6 Å². The summed E-state index contributed by atoms with van der Waals surface area (Å²) in [7, 11) is 0. The average Bonchev–Trinajstić information content (AvgIpc) is 3.15. The predicted octanol–water partition coefficient (Wildman–Crippen LogP) is 3.54. The number of nitro benzene ring substituents is 1. The van der Waals surface area contributed by atoms with Gasteiger partial charge in [0, 0.05) is 29.1 Å². The molecule has 2 aromatic carbocycles. The van der Waals surface area contributed by atoms with Crippen molar-refractivity contribution in [2.75, 3.05) is 13.1 Å². The first-order chi connectivity index (χ1) is 12.5. The first-order valence-electron chi connectivity index (χ1n) is 8.57. The van der Waals surface area contributed by atoms with E-state index in [1.165, 1.54) is 17.8 Å². The minimum Gasteiger partial charge on any atom is -0.350 e. The number of aryl methyl sites for hydroxylation is 1. The molecule has 7 heteroatoms. The molecule has 0 aliphatic carbocycles. The van der Waals surface area contributed by atoms with Gasteiger partial charge in [0.1, 0.15) is 0 Å². The van der Waals surface area contributed by atoms with Gasteiger partial charge in [0.25, 0.3) is 11.6 Å². The fourth-order valence-corrected chi connectivity index (χ4v) is 3.77. The second kappa shape index (κ2) is 8.33. The lowest BCUT2D eigenvalue weighted by molar-refractivity contribution is -0.387. The number of carbonyl (C=O) groups is 1. The molecule has 0 radical (unpaired) electrons. The molecule has 26 heavy (non-hydrogen) atoms. The van der Waals surface area contributed by atoms with Crippen LogP contribution in [-0.2, 0) is 0 Å². The molecule has 3 rings (SSSR count). The summed E-state index contributed by atoms with van der Waals surface area (Å²) in [5.74, 6) is -0.284. The van der Waals surface area contributed by atoms with Gasteiger partial charge in [-0.1, -0.05) is 29.5 Å². The third kappa shape index (κ3) is 4.62. The van der Waals surface area contributed by atoms with Gasteiger partial charge >= 0.3 is 0 Å². The van der Waals surface area contributed by atoms with Gasteiger partial charge < -0.3 is 10.6 Å². The van der Waals surface area contributed by atoms with Crippen LogP contribution in [0.2, 0.25) is 0 Å². The highest BCUT2D eigenvalue weighted by molar-refractivity contribution is 7.99. The van der Waals surface area contributed by atoms with Crippen molar-refractivity contribution in [3.8, 4) is 0 Å². The largest absolute Gasteiger partial charge is 0.350 e. The highest BCUT2D eigenvalue weighted by Crippen LogP contribution is 2.35. The molecule has 0 spiro atoms. The molecule has 6 nitrogen and oxygen atoms in total. The van der Waals surface area contributed by atoms with Gasteiger partial charge in [-0.3, -0.25) is 14.9 Å². The van der Waals surface area contributed by atoms with Crippen LogP contribution in [0.1, 0.15) is 28.8 Å².